The second-order valence-corrected chi connectivity index (χ2v) is 8.71. The highest BCUT2D eigenvalue weighted by Gasteiger charge is 2.46. The summed E-state index contributed by atoms with van der Waals surface area (Å²) in [6.45, 7) is 6.76. The van der Waals surface area contributed by atoms with Crippen LogP contribution in [0.25, 0.3) is 10.9 Å². The SMILES string of the molecule is CCN1C(=O)c2cc3ccccc3n2CC1(C)C(=O)NCC(=O)NCCc1ccccc1C. The molecular weight excluding hydrogens is 416 g/mol. The fourth-order valence-electron chi connectivity index (χ4n) is 4.64. The molecule has 0 spiro atoms. The molecular formula is C26H30N4O3. The van der Waals surface area contributed by atoms with Gasteiger partial charge in [0.25, 0.3) is 5.91 Å². The molecule has 0 bridgehead atoms. The Labute approximate surface area is 193 Å². The lowest BCUT2D eigenvalue weighted by molar-refractivity contribution is -0.134. The molecule has 0 aliphatic carbocycles. The average molecular weight is 447 g/mol. The van der Waals surface area contributed by atoms with Crippen molar-refractivity contribution in [3.8, 4) is 0 Å². The van der Waals surface area contributed by atoms with Gasteiger partial charge < -0.3 is 20.1 Å². The van der Waals surface area contributed by atoms with Crippen LogP contribution in [0.1, 0.15) is 35.5 Å². The van der Waals surface area contributed by atoms with Crippen LogP contribution in [0.3, 0.4) is 0 Å². The van der Waals surface area contributed by atoms with E-state index in [1.807, 2.05) is 73.0 Å². The predicted octanol–water partition coefficient (Wildman–Crippen LogP) is 2.66. The Kier molecular flexibility index (Phi) is 6.22. The molecule has 33 heavy (non-hydrogen) atoms. The van der Waals surface area contributed by atoms with E-state index in [1.165, 1.54) is 11.1 Å². The molecule has 2 aromatic carbocycles. The Morgan fingerprint density at radius 2 is 1.79 bits per heavy atom. The third kappa shape index (κ3) is 4.23. The minimum absolute atomic E-state index is 0.132. The molecule has 1 aliphatic heterocycles. The smallest absolute Gasteiger partial charge is 0.271 e. The number of nitrogens with zero attached hydrogens (tertiary/aromatic N) is 2. The van der Waals surface area contributed by atoms with Gasteiger partial charge in [0.1, 0.15) is 11.2 Å². The number of nitrogens with one attached hydrogen (secondary N) is 2. The van der Waals surface area contributed by atoms with E-state index in [1.54, 1.807) is 11.8 Å². The lowest BCUT2D eigenvalue weighted by atomic mass is 9.95. The van der Waals surface area contributed by atoms with Crippen LogP contribution in [0.2, 0.25) is 0 Å². The summed E-state index contributed by atoms with van der Waals surface area (Å²) >= 11 is 0. The molecule has 0 fully saturated rings. The van der Waals surface area contributed by atoms with Gasteiger partial charge in [0.15, 0.2) is 0 Å². The van der Waals surface area contributed by atoms with E-state index in [9.17, 15) is 14.4 Å². The Bertz CT molecular complexity index is 1220. The molecule has 0 radical (unpaired) electrons. The van der Waals surface area contributed by atoms with E-state index < -0.39 is 5.54 Å². The summed E-state index contributed by atoms with van der Waals surface area (Å²) in [6, 6.07) is 17.7. The second kappa shape index (κ2) is 9.10. The second-order valence-electron chi connectivity index (χ2n) is 8.71. The normalized spacial score (nSPS) is 17.7. The quantitative estimate of drug-likeness (QED) is 0.585. The van der Waals surface area contributed by atoms with E-state index in [0.717, 1.165) is 17.3 Å². The van der Waals surface area contributed by atoms with E-state index >= 15 is 0 Å². The first-order valence-electron chi connectivity index (χ1n) is 11.3. The number of hydrogen-bond acceptors (Lipinski definition) is 3. The van der Waals surface area contributed by atoms with Crippen molar-refractivity contribution in [2.45, 2.75) is 39.3 Å². The van der Waals surface area contributed by atoms with Crippen LogP contribution in [-0.4, -0.2) is 52.4 Å². The maximum atomic E-state index is 13.2. The van der Waals surface area contributed by atoms with Crippen LogP contribution < -0.4 is 10.6 Å². The number of carbonyl (C=O) groups excluding carboxylic acids is 3. The zero-order valence-corrected chi connectivity index (χ0v) is 19.4. The van der Waals surface area contributed by atoms with E-state index in [-0.39, 0.29) is 24.3 Å². The third-order valence-electron chi connectivity index (χ3n) is 6.53. The number of amides is 3. The first-order chi connectivity index (χ1) is 15.8. The molecule has 3 aromatic rings. The van der Waals surface area contributed by atoms with Crippen LogP contribution in [0.5, 0.6) is 0 Å². The topological polar surface area (TPSA) is 83.4 Å². The van der Waals surface area contributed by atoms with Crippen molar-refractivity contribution < 1.29 is 14.4 Å². The fourth-order valence-corrected chi connectivity index (χ4v) is 4.64. The van der Waals surface area contributed by atoms with Gasteiger partial charge in [0.2, 0.25) is 11.8 Å². The minimum atomic E-state index is -1.10. The molecule has 1 aliphatic rings. The maximum Gasteiger partial charge on any atom is 0.271 e. The molecule has 0 saturated carbocycles. The molecule has 7 nitrogen and oxygen atoms in total. The van der Waals surface area contributed by atoms with Crippen molar-refractivity contribution in [2.75, 3.05) is 19.6 Å². The Balaban J connectivity index is 1.42. The number of para-hydroxylation sites is 1. The maximum absolute atomic E-state index is 13.2. The number of aryl methyl sites for hydroxylation is 1. The molecule has 2 N–H and O–H groups in total. The van der Waals surface area contributed by atoms with Gasteiger partial charge in [0, 0.05) is 24.0 Å². The first-order valence-corrected chi connectivity index (χ1v) is 11.3. The van der Waals surface area contributed by atoms with Crippen molar-refractivity contribution in [1.29, 1.82) is 0 Å². The summed E-state index contributed by atoms with van der Waals surface area (Å²) in [7, 11) is 0. The van der Waals surface area contributed by atoms with Crippen molar-refractivity contribution in [3.05, 3.63) is 71.4 Å². The standard InChI is InChI=1S/C26H30N4O3/c1-4-30-24(32)22-15-20-11-7-8-12-21(20)29(22)17-26(30,3)25(33)28-16-23(31)27-14-13-19-10-6-5-9-18(19)2/h5-12,15H,4,13-14,16-17H2,1-3H3,(H,27,31)(H,28,33). The number of benzene rings is 2. The summed E-state index contributed by atoms with van der Waals surface area (Å²) < 4.78 is 1.91. The van der Waals surface area contributed by atoms with Crippen LogP contribution in [0.4, 0.5) is 0 Å². The molecule has 1 unspecified atom stereocenters. The summed E-state index contributed by atoms with van der Waals surface area (Å²) in [5.41, 5.74) is 2.78. The zero-order valence-electron chi connectivity index (χ0n) is 19.4. The Morgan fingerprint density at radius 3 is 2.55 bits per heavy atom. The largest absolute Gasteiger partial charge is 0.354 e. The lowest BCUT2D eigenvalue weighted by Gasteiger charge is -2.43. The summed E-state index contributed by atoms with van der Waals surface area (Å²) in [4.78, 5) is 40.4. The number of fused-ring (bicyclic) bond motifs is 3. The van der Waals surface area contributed by atoms with Crippen LogP contribution in [0, 0.1) is 6.92 Å². The van der Waals surface area contributed by atoms with Crippen LogP contribution >= 0.6 is 0 Å². The van der Waals surface area contributed by atoms with Gasteiger partial charge in [-0.25, -0.2) is 0 Å². The monoisotopic (exact) mass is 446 g/mol. The van der Waals surface area contributed by atoms with Gasteiger partial charge in [-0.1, -0.05) is 42.5 Å². The van der Waals surface area contributed by atoms with Crippen molar-refractivity contribution >= 4 is 28.6 Å². The number of carbonyl (C=O) groups is 3. The van der Waals surface area contributed by atoms with Crippen LogP contribution in [-0.2, 0) is 22.6 Å². The van der Waals surface area contributed by atoms with Crippen molar-refractivity contribution in [3.63, 3.8) is 0 Å². The third-order valence-corrected chi connectivity index (χ3v) is 6.53. The van der Waals surface area contributed by atoms with Gasteiger partial charge >= 0.3 is 0 Å². The van der Waals surface area contributed by atoms with E-state index in [2.05, 4.69) is 10.6 Å². The summed E-state index contributed by atoms with van der Waals surface area (Å²) in [6.07, 6.45) is 0.728. The number of hydrogen-bond donors (Lipinski definition) is 2. The highest BCUT2D eigenvalue weighted by molar-refractivity contribution is 6.04. The molecule has 4 rings (SSSR count). The van der Waals surface area contributed by atoms with Crippen molar-refractivity contribution in [2.24, 2.45) is 0 Å². The highest BCUT2D eigenvalue weighted by atomic mass is 16.2. The van der Waals surface area contributed by atoms with Gasteiger partial charge in [0.05, 0.1) is 13.1 Å². The number of aromatic nitrogens is 1. The number of rotatable bonds is 7. The molecule has 0 saturated heterocycles. The summed E-state index contributed by atoms with van der Waals surface area (Å²) in [5, 5.41) is 6.58. The van der Waals surface area contributed by atoms with Gasteiger partial charge in [-0.15, -0.1) is 0 Å². The minimum Gasteiger partial charge on any atom is -0.354 e. The van der Waals surface area contributed by atoms with Gasteiger partial charge in [-0.2, -0.15) is 0 Å². The molecule has 172 valence electrons. The molecule has 2 heterocycles. The first kappa shape index (κ1) is 22.6. The summed E-state index contributed by atoms with van der Waals surface area (Å²) in [5.74, 6) is -0.770. The number of likely N-dealkylation sites (N-methyl/N-ethyl adjacent to an activating group) is 1. The van der Waals surface area contributed by atoms with E-state index in [0.29, 0.717) is 25.3 Å². The fraction of sp³-hybridized carbons (Fsp3) is 0.346. The molecule has 1 aromatic heterocycles. The van der Waals surface area contributed by atoms with Gasteiger partial charge in [-0.05, 0) is 50.5 Å². The molecule has 3 amide bonds. The predicted molar refractivity (Wildman–Crippen MR) is 128 cm³/mol. The van der Waals surface area contributed by atoms with Gasteiger partial charge in [-0.3, -0.25) is 14.4 Å². The van der Waals surface area contributed by atoms with Crippen LogP contribution in [0.15, 0.2) is 54.6 Å². The Hall–Kier alpha value is -3.61. The molecule has 7 heteroatoms. The molecule has 1 atom stereocenters. The zero-order chi connectivity index (χ0) is 23.6. The highest BCUT2D eigenvalue weighted by Crippen LogP contribution is 2.32. The lowest BCUT2D eigenvalue weighted by Crippen LogP contribution is -2.64. The average Bonchev–Trinajstić information content (AvgIpc) is 3.17. The van der Waals surface area contributed by atoms with Crippen molar-refractivity contribution in [1.82, 2.24) is 20.1 Å². The van der Waals surface area contributed by atoms with E-state index in [4.69, 9.17) is 0 Å². The Morgan fingerprint density at radius 1 is 1.06 bits per heavy atom.